The number of rotatable bonds is 2. The monoisotopic (exact) mass is 309 g/mol. The third-order valence-electron chi connectivity index (χ3n) is 2.27. The van der Waals surface area contributed by atoms with Crippen LogP contribution in [0.4, 0.5) is 10.6 Å². The average Bonchev–Trinajstić information content (AvgIpc) is 2.29. The van der Waals surface area contributed by atoms with Crippen LogP contribution in [0.5, 0.6) is 0 Å². The predicted octanol–water partition coefficient (Wildman–Crippen LogP) is 2.97. The van der Waals surface area contributed by atoms with E-state index in [1.807, 2.05) is 27.7 Å². The number of ether oxygens (including phenoxy) is 1. The number of carbonyl (C=O) groups excluding carboxylic acids is 1. The first-order chi connectivity index (χ1) is 9.67. The van der Waals surface area contributed by atoms with Crippen molar-refractivity contribution < 1.29 is 9.53 Å². The molecule has 1 aromatic rings. The second-order valence-corrected chi connectivity index (χ2v) is 6.05. The van der Waals surface area contributed by atoms with E-state index in [1.165, 1.54) is 6.20 Å². The Morgan fingerprint density at radius 2 is 2.24 bits per heavy atom. The van der Waals surface area contributed by atoms with Gasteiger partial charge in [0.05, 0.1) is 10.6 Å². The van der Waals surface area contributed by atoms with Gasteiger partial charge in [0.15, 0.2) is 0 Å². The summed E-state index contributed by atoms with van der Waals surface area (Å²) in [6.45, 7) is 7.29. The van der Waals surface area contributed by atoms with Crippen molar-refractivity contribution in [3.8, 4) is 11.8 Å². The first-order valence-corrected chi connectivity index (χ1v) is 6.94. The lowest BCUT2D eigenvalue weighted by Crippen LogP contribution is -2.37. The van der Waals surface area contributed by atoms with Crippen molar-refractivity contribution in [1.82, 2.24) is 10.3 Å². The van der Waals surface area contributed by atoms with Crippen LogP contribution in [0.15, 0.2) is 12.3 Å². The molecule has 6 heteroatoms. The van der Waals surface area contributed by atoms with E-state index in [0.29, 0.717) is 22.8 Å². The molecule has 0 saturated heterocycles. The smallest absolute Gasteiger partial charge is 0.407 e. The number of alkyl carbamates (subject to hydrolysis) is 1. The summed E-state index contributed by atoms with van der Waals surface area (Å²) in [4.78, 5) is 15.5. The quantitative estimate of drug-likeness (QED) is 0.823. The molecule has 3 N–H and O–H groups in total. The summed E-state index contributed by atoms with van der Waals surface area (Å²) in [5.41, 5.74) is 5.60. The molecule has 1 amide bonds. The molecule has 0 unspecified atom stereocenters. The van der Waals surface area contributed by atoms with Crippen molar-refractivity contribution in [3.05, 3.63) is 22.8 Å². The summed E-state index contributed by atoms with van der Waals surface area (Å²) in [6, 6.07) is 1.42. The Morgan fingerprint density at radius 1 is 1.57 bits per heavy atom. The largest absolute Gasteiger partial charge is 0.444 e. The predicted molar refractivity (Wildman–Crippen MR) is 84.0 cm³/mol. The Morgan fingerprint density at radius 3 is 2.81 bits per heavy atom. The standard InChI is InChI=1S/C15H20ClN3O2/c1-10(19-14(20)21-15(2,3)4)6-5-7-11-9-18-13(17)8-12(11)16/h8-10H,6H2,1-4H3,(H2,17,18)(H,19,20)/t10-/m0/s1. The molecular formula is C15H20ClN3O2. The fraction of sp³-hybridized carbons (Fsp3) is 0.467. The van der Waals surface area contributed by atoms with Crippen molar-refractivity contribution in [2.24, 2.45) is 0 Å². The number of pyridine rings is 1. The SMILES string of the molecule is C[C@@H](CC#Cc1cnc(N)cc1Cl)NC(=O)OC(C)(C)C. The van der Waals surface area contributed by atoms with Crippen LogP contribution in [-0.2, 0) is 4.74 Å². The van der Waals surface area contributed by atoms with Crippen LogP contribution in [-0.4, -0.2) is 22.7 Å². The van der Waals surface area contributed by atoms with Gasteiger partial charge in [-0.3, -0.25) is 0 Å². The highest BCUT2D eigenvalue weighted by Gasteiger charge is 2.17. The van der Waals surface area contributed by atoms with Gasteiger partial charge in [-0.1, -0.05) is 23.4 Å². The number of carbonyl (C=O) groups is 1. The number of hydrogen-bond acceptors (Lipinski definition) is 4. The third kappa shape index (κ3) is 6.87. The van der Waals surface area contributed by atoms with Crippen molar-refractivity contribution in [3.63, 3.8) is 0 Å². The van der Waals surface area contributed by atoms with E-state index >= 15 is 0 Å². The van der Waals surface area contributed by atoms with Crippen molar-refractivity contribution in [2.45, 2.75) is 45.8 Å². The first-order valence-electron chi connectivity index (χ1n) is 6.57. The maximum Gasteiger partial charge on any atom is 0.407 e. The fourth-order valence-corrected chi connectivity index (χ4v) is 1.60. The molecule has 0 aromatic carbocycles. The molecule has 1 aromatic heterocycles. The minimum Gasteiger partial charge on any atom is -0.444 e. The molecule has 0 aliphatic heterocycles. The molecule has 0 aliphatic rings. The summed E-state index contributed by atoms with van der Waals surface area (Å²) in [5.74, 6) is 6.20. The Balaban J connectivity index is 2.52. The molecule has 0 bridgehead atoms. The summed E-state index contributed by atoms with van der Waals surface area (Å²) in [5, 5.41) is 3.18. The van der Waals surface area contributed by atoms with E-state index in [-0.39, 0.29) is 6.04 Å². The van der Waals surface area contributed by atoms with Gasteiger partial charge in [0.25, 0.3) is 0 Å². The van der Waals surface area contributed by atoms with E-state index < -0.39 is 11.7 Å². The van der Waals surface area contributed by atoms with Gasteiger partial charge in [0, 0.05) is 24.7 Å². The molecule has 1 atom stereocenters. The Kier molecular flexibility index (Phi) is 5.86. The Hall–Kier alpha value is -1.93. The molecule has 0 radical (unpaired) electrons. The number of aromatic nitrogens is 1. The van der Waals surface area contributed by atoms with Gasteiger partial charge < -0.3 is 15.8 Å². The van der Waals surface area contributed by atoms with Crippen LogP contribution in [0.2, 0.25) is 5.02 Å². The molecule has 1 heterocycles. The van der Waals surface area contributed by atoms with Gasteiger partial charge in [0.2, 0.25) is 0 Å². The summed E-state index contributed by atoms with van der Waals surface area (Å²) < 4.78 is 5.16. The number of nitrogens with two attached hydrogens (primary N) is 1. The molecule has 21 heavy (non-hydrogen) atoms. The van der Waals surface area contributed by atoms with Gasteiger partial charge in [0.1, 0.15) is 11.4 Å². The second-order valence-electron chi connectivity index (χ2n) is 5.64. The van der Waals surface area contributed by atoms with E-state index in [9.17, 15) is 4.79 Å². The zero-order chi connectivity index (χ0) is 16.0. The van der Waals surface area contributed by atoms with Crippen molar-refractivity contribution in [1.29, 1.82) is 0 Å². The van der Waals surface area contributed by atoms with Gasteiger partial charge in [-0.15, -0.1) is 0 Å². The number of amides is 1. The van der Waals surface area contributed by atoms with Crippen LogP contribution >= 0.6 is 11.6 Å². The molecule has 114 valence electrons. The van der Waals surface area contributed by atoms with E-state index in [4.69, 9.17) is 22.1 Å². The summed E-state index contributed by atoms with van der Waals surface area (Å²) in [7, 11) is 0. The van der Waals surface area contributed by atoms with Gasteiger partial charge in [-0.25, -0.2) is 9.78 Å². The lowest BCUT2D eigenvalue weighted by molar-refractivity contribution is 0.0509. The highest BCUT2D eigenvalue weighted by atomic mass is 35.5. The zero-order valence-corrected chi connectivity index (χ0v) is 13.4. The minimum atomic E-state index is -0.515. The maximum absolute atomic E-state index is 11.6. The van der Waals surface area contributed by atoms with Gasteiger partial charge in [-0.05, 0) is 27.7 Å². The van der Waals surface area contributed by atoms with Gasteiger partial charge >= 0.3 is 6.09 Å². The lowest BCUT2D eigenvalue weighted by atomic mass is 10.2. The summed E-state index contributed by atoms with van der Waals surface area (Å²) >= 11 is 5.99. The lowest BCUT2D eigenvalue weighted by Gasteiger charge is -2.21. The topological polar surface area (TPSA) is 77.2 Å². The number of halogens is 1. The molecular weight excluding hydrogens is 290 g/mol. The van der Waals surface area contributed by atoms with E-state index in [1.54, 1.807) is 6.07 Å². The number of nitrogens with one attached hydrogen (secondary N) is 1. The van der Waals surface area contributed by atoms with Crippen LogP contribution < -0.4 is 11.1 Å². The molecule has 1 rings (SSSR count). The highest BCUT2D eigenvalue weighted by Crippen LogP contribution is 2.15. The van der Waals surface area contributed by atoms with Crippen LogP contribution in [0.25, 0.3) is 0 Å². The first kappa shape index (κ1) is 17.1. The summed E-state index contributed by atoms with van der Waals surface area (Å²) in [6.07, 6.45) is 1.54. The number of hydrogen-bond donors (Lipinski definition) is 2. The van der Waals surface area contributed by atoms with E-state index in [0.717, 1.165) is 0 Å². The van der Waals surface area contributed by atoms with Crippen LogP contribution in [0.1, 0.15) is 39.7 Å². The molecule has 0 aliphatic carbocycles. The molecule has 0 spiro atoms. The fourth-order valence-electron chi connectivity index (χ4n) is 1.40. The maximum atomic E-state index is 11.6. The molecule has 5 nitrogen and oxygen atoms in total. The van der Waals surface area contributed by atoms with Crippen LogP contribution in [0.3, 0.4) is 0 Å². The van der Waals surface area contributed by atoms with Crippen LogP contribution in [0, 0.1) is 11.8 Å². The molecule has 0 fully saturated rings. The highest BCUT2D eigenvalue weighted by molar-refractivity contribution is 6.31. The third-order valence-corrected chi connectivity index (χ3v) is 2.58. The zero-order valence-electron chi connectivity index (χ0n) is 12.7. The normalized spacial score (nSPS) is 12.0. The van der Waals surface area contributed by atoms with E-state index in [2.05, 4.69) is 22.1 Å². The number of nitrogen functional groups attached to an aromatic ring is 1. The number of anilines is 1. The van der Waals surface area contributed by atoms with Gasteiger partial charge in [-0.2, -0.15) is 0 Å². The minimum absolute atomic E-state index is 0.132. The van der Waals surface area contributed by atoms with Crippen molar-refractivity contribution in [2.75, 3.05) is 5.73 Å². The Labute approximate surface area is 130 Å². The second kappa shape index (κ2) is 7.19. The van der Waals surface area contributed by atoms with Crippen molar-refractivity contribution >= 4 is 23.5 Å². The average molecular weight is 310 g/mol. The Bertz CT molecular complexity index is 571. The molecule has 0 saturated carbocycles. The number of nitrogens with zero attached hydrogens (tertiary/aromatic N) is 1.